The highest BCUT2D eigenvalue weighted by molar-refractivity contribution is 7.99. The number of rotatable bonds is 6. The zero-order valence-corrected chi connectivity index (χ0v) is 18.1. The monoisotopic (exact) mass is 402 g/mol. The van der Waals surface area contributed by atoms with E-state index in [1.54, 1.807) is 17.8 Å². The van der Waals surface area contributed by atoms with Crippen LogP contribution in [-0.2, 0) is 20.5 Å². The number of methoxy groups -OCH3 is 1. The summed E-state index contributed by atoms with van der Waals surface area (Å²) in [5.41, 5.74) is 1.38. The van der Waals surface area contributed by atoms with Gasteiger partial charge in [-0.25, -0.2) is 4.79 Å². The lowest BCUT2D eigenvalue weighted by Crippen LogP contribution is -2.41. The third-order valence-corrected chi connectivity index (χ3v) is 6.47. The second-order valence-corrected chi connectivity index (χ2v) is 9.11. The maximum atomic E-state index is 11.6. The molecule has 1 aromatic heterocycles. The maximum absolute atomic E-state index is 11.6. The summed E-state index contributed by atoms with van der Waals surface area (Å²) in [6.45, 7) is 10.1. The number of ether oxygens (including phenoxy) is 1. The van der Waals surface area contributed by atoms with Crippen molar-refractivity contribution in [1.82, 2.24) is 0 Å². The van der Waals surface area contributed by atoms with Crippen LogP contribution in [0.1, 0.15) is 49.6 Å². The molecule has 0 atom stereocenters. The van der Waals surface area contributed by atoms with E-state index in [9.17, 15) is 4.79 Å². The number of thioether (sulfide) groups is 1. The highest BCUT2D eigenvalue weighted by atomic mass is 32.2. The Morgan fingerprint density at radius 3 is 2.29 bits per heavy atom. The molecule has 1 fully saturated rings. The van der Waals surface area contributed by atoms with Crippen LogP contribution in [0.2, 0.25) is 0 Å². The molecule has 0 unspecified atom stereocenters. The summed E-state index contributed by atoms with van der Waals surface area (Å²) in [5.74, 6) is 1.46. The molecule has 1 aliphatic rings. The Morgan fingerprint density at radius 1 is 1.11 bits per heavy atom. The fourth-order valence-electron chi connectivity index (χ4n) is 2.95. The molecule has 1 aliphatic heterocycles. The van der Waals surface area contributed by atoms with Crippen LogP contribution in [0, 0.1) is 6.92 Å². The Kier molecular flexibility index (Phi) is 5.99. The van der Waals surface area contributed by atoms with E-state index in [2.05, 4.69) is 52.0 Å². The molecule has 7 heteroatoms. The van der Waals surface area contributed by atoms with Gasteiger partial charge in [0, 0.05) is 10.6 Å². The molecule has 1 aromatic carbocycles. The third-order valence-electron chi connectivity index (χ3n) is 5.45. The van der Waals surface area contributed by atoms with E-state index in [4.69, 9.17) is 18.5 Å². The number of hydrogen-bond donors (Lipinski definition) is 0. The van der Waals surface area contributed by atoms with Gasteiger partial charge in [-0.2, -0.15) is 0 Å². The van der Waals surface area contributed by atoms with Crippen molar-refractivity contribution < 1.29 is 23.3 Å². The smallest absolute Gasteiger partial charge is 0.463 e. The minimum absolute atomic E-state index is 0.256. The van der Waals surface area contributed by atoms with Crippen LogP contribution in [0.5, 0.6) is 0 Å². The van der Waals surface area contributed by atoms with Crippen molar-refractivity contribution >= 4 is 30.3 Å². The zero-order chi connectivity index (χ0) is 20.5. The summed E-state index contributed by atoms with van der Waals surface area (Å²) in [6.07, 6.45) is 0.815. The molecule has 2 heterocycles. The van der Waals surface area contributed by atoms with Crippen LogP contribution in [0.3, 0.4) is 0 Å². The van der Waals surface area contributed by atoms with Crippen molar-refractivity contribution in [3.8, 4) is 0 Å². The van der Waals surface area contributed by atoms with Crippen LogP contribution in [0.4, 0.5) is 0 Å². The topological polar surface area (TPSA) is 57.9 Å². The van der Waals surface area contributed by atoms with Gasteiger partial charge in [0.05, 0.1) is 18.3 Å². The van der Waals surface area contributed by atoms with E-state index < -0.39 is 5.97 Å². The first kappa shape index (κ1) is 21.0. The molecular weight excluding hydrogens is 375 g/mol. The second kappa shape index (κ2) is 7.97. The van der Waals surface area contributed by atoms with E-state index in [0.29, 0.717) is 0 Å². The molecule has 150 valence electrons. The molecule has 0 spiro atoms. The van der Waals surface area contributed by atoms with Crippen LogP contribution >= 0.6 is 11.8 Å². The van der Waals surface area contributed by atoms with Gasteiger partial charge in [-0.15, -0.1) is 11.8 Å². The van der Waals surface area contributed by atoms with Gasteiger partial charge in [-0.1, -0.05) is 12.1 Å². The van der Waals surface area contributed by atoms with Gasteiger partial charge < -0.3 is 18.5 Å². The van der Waals surface area contributed by atoms with Crippen molar-refractivity contribution in [2.24, 2.45) is 0 Å². The van der Waals surface area contributed by atoms with E-state index >= 15 is 0 Å². The lowest BCUT2D eigenvalue weighted by molar-refractivity contribution is 0.00578. The molecule has 2 aromatic rings. The van der Waals surface area contributed by atoms with Gasteiger partial charge in [-0.3, -0.25) is 0 Å². The summed E-state index contributed by atoms with van der Waals surface area (Å²) in [4.78, 5) is 12.7. The normalized spacial score (nSPS) is 17.7. The number of carbonyl (C=O) groups is 1. The minimum Gasteiger partial charge on any atom is -0.463 e. The van der Waals surface area contributed by atoms with Crippen molar-refractivity contribution in [1.29, 1.82) is 0 Å². The number of esters is 1. The standard InChI is InChI=1S/C21H27BO5S/c1-14-15(13-18(25-14)19(23)24-6)11-12-28-17-9-7-16(8-10-17)22-26-20(2,3)21(4,5)27-22/h7-10,13H,11-12H2,1-6H3. The average Bonchev–Trinajstić information content (AvgIpc) is 3.11. The molecule has 1 saturated heterocycles. The molecule has 28 heavy (non-hydrogen) atoms. The van der Waals surface area contributed by atoms with Crippen LogP contribution in [0.15, 0.2) is 39.6 Å². The quantitative estimate of drug-likeness (QED) is 0.414. The van der Waals surface area contributed by atoms with Crippen molar-refractivity contribution in [3.63, 3.8) is 0 Å². The number of hydrogen-bond acceptors (Lipinski definition) is 6. The molecule has 0 bridgehead atoms. The summed E-state index contributed by atoms with van der Waals surface area (Å²) < 4.78 is 22.4. The van der Waals surface area contributed by atoms with Gasteiger partial charge in [0.15, 0.2) is 0 Å². The molecule has 3 rings (SSSR count). The average molecular weight is 402 g/mol. The van der Waals surface area contributed by atoms with E-state index in [1.165, 1.54) is 12.0 Å². The Hall–Kier alpha value is -1.70. The van der Waals surface area contributed by atoms with E-state index in [-0.39, 0.29) is 24.1 Å². The first-order valence-electron chi connectivity index (χ1n) is 9.39. The highest BCUT2D eigenvalue weighted by Gasteiger charge is 2.51. The lowest BCUT2D eigenvalue weighted by Gasteiger charge is -2.32. The minimum atomic E-state index is -0.444. The third kappa shape index (κ3) is 4.32. The van der Waals surface area contributed by atoms with Gasteiger partial charge in [-0.05, 0) is 70.3 Å². The SMILES string of the molecule is COC(=O)c1cc(CCSc2ccc(B3OC(C)(C)C(C)(C)O3)cc2)c(C)o1. The predicted octanol–water partition coefficient (Wildman–Crippen LogP) is 4.01. The Bertz CT molecular complexity index is 825. The molecule has 5 nitrogen and oxygen atoms in total. The van der Waals surface area contributed by atoms with E-state index in [0.717, 1.165) is 29.0 Å². The lowest BCUT2D eigenvalue weighted by atomic mass is 9.79. The zero-order valence-electron chi connectivity index (χ0n) is 17.3. The number of furan rings is 1. The molecule has 0 N–H and O–H groups in total. The van der Waals surface area contributed by atoms with Crippen molar-refractivity contribution in [2.45, 2.75) is 57.1 Å². The summed E-state index contributed by atoms with van der Waals surface area (Å²) >= 11 is 1.76. The first-order valence-corrected chi connectivity index (χ1v) is 10.4. The molecular formula is C21H27BO5S. The van der Waals surface area contributed by atoms with Crippen molar-refractivity contribution in [3.05, 3.63) is 47.4 Å². The molecule has 0 aliphatic carbocycles. The van der Waals surface area contributed by atoms with Crippen LogP contribution in [-0.4, -0.2) is 37.2 Å². The summed E-state index contributed by atoms with van der Waals surface area (Å²) in [6, 6.07) is 10.1. The fourth-order valence-corrected chi connectivity index (χ4v) is 3.83. The molecule has 0 amide bonds. The first-order chi connectivity index (χ1) is 13.1. The molecule has 0 radical (unpaired) electrons. The van der Waals surface area contributed by atoms with Crippen LogP contribution in [0.25, 0.3) is 0 Å². The Morgan fingerprint density at radius 2 is 1.71 bits per heavy atom. The number of benzene rings is 1. The van der Waals surface area contributed by atoms with E-state index in [1.807, 2.05) is 6.92 Å². The number of carbonyl (C=O) groups excluding carboxylic acids is 1. The summed E-state index contributed by atoms with van der Waals surface area (Å²) in [5, 5.41) is 0. The number of aryl methyl sites for hydroxylation is 2. The van der Waals surface area contributed by atoms with Crippen molar-refractivity contribution in [2.75, 3.05) is 12.9 Å². The Balaban J connectivity index is 1.56. The fraction of sp³-hybridized carbons (Fsp3) is 0.476. The van der Waals surface area contributed by atoms with Gasteiger partial charge in [0.25, 0.3) is 0 Å². The van der Waals surface area contributed by atoms with Gasteiger partial charge in [0.2, 0.25) is 5.76 Å². The van der Waals surface area contributed by atoms with Crippen LogP contribution < -0.4 is 5.46 Å². The predicted molar refractivity (Wildman–Crippen MR) is 111 cm³/mol. The molecule has 0 saturated carbocycles. The van der Waals surface area contributed by atoms with Gasteiger partial charge in [0.1, 0.15) is 5.76 Å². The maximum Gasteiger partial charge on any atom is 0.494 e. The largest absolute Gasteiger partial charge is 0.494 e. The Labute approximate surface area is 171 Å². The highest BCUT2D eigenvalue weighted by Crippen LogP contribution is 2.36. The van der Waals surface area contributed by atoms with Gasteiger partial charge >= 0.3 is 13.1 Å². The second-order valence-electron chi connectivity index (χ2n) is 7.94. The summed E-state index contributed by atoms with van der Waals surface area (Å²) in [7, 11) is 1.01.